The summed E-state index contributed by atoms with van der Waals surface area (Å²) in [5.74, 6) is -0.137. The highest BCUT2D eigenvalue weighted by Crippen LogP contribution is 2.27. The number of rotatable bonds is 3. The predicted molar refractivity (Wildman–Crippen MR) is 58.1 cm³/mol. The van der Waals surface area contributed by atoms with Gasteiger partial charge in [-0.3, -0.25) is 4.79 Å². The molecule has 0 aliphatic heterocycles. The zero-order valence-electron chi connectivity index (χ0n) is 8.08. The number of carbonyl (C=O) groups is 1. The van der Waals surface area contributed by atoms with Crippen molar-refractivity contribution >= 4 is 28.8 Å². The first-order valence-corrected chi connectivity index (χ1v) is 5.43. The largest absolute Gasteiger partial charge is 0.395 e. The Morgan fingerprint density at radius 1 is 1.71 bits per heavy atom. The summed E-state index contributed by atoms with van der Waals surface area (Å²) < 4.78 is 0. The van der Waals surface area contributed by atoms with Gasteiger partial charge >= 0.3 is 0 Å². The maximum atomic E-state index is 11.7. The van der Waals surface area contributed by atoms with Gasteiger partial charge in [0.1, 0.15) is 4.88 Å². The Bertz CT molecular complexity index is 338. The van der Waals surface area contributed by atoms with Crippen LogP contribution in [0.3, 0.4) is 0 Å². The number of aliphatic hydroxyl groups is 1. The Labute approximate surface area is 91.9 Å². The first-order valence-electron chi connectivity index (χ1n) is 4.17. The van der Waals surface area contributed by atoms with Crippen LogP contribution in [0.25, 0.3) is 0 Å². The van der Waals surface area contributed by atoms with Gasteiger partial charge in [0, 0.05) is 13.6 Å². The molecule has 0 aliphatic rings. The van der Waals surface area contributed by atoms with Crippen molar-refractivity contribution in [1.82, 2.24) is 4.90 Å². The lowest BCUT2D eigenvalue weighted by atomic mass is 10.3. The third-order valence-electron chi connectivity index (χ3n) is 1.88. The van der Waals surface area contributed by atoms with Gasteiger partial charge in [-0.2, -0.15) is 0 Å². The fourth-order valence-corrected chi connectivity index (χ4v) is 2.27. The summed E-state index contributed by atoms with van der Waals surface area (Å²) in [5, 5.41) is 11.1. The molecule has 1 heterocycles. The molecular formula is C9H12ClNO2S. The number of aryl methyl sites for hydroxylation is 1. The van der Waals surface area contributed by atoms with Gasteiger partial charge in [-0.15, -0.1) is 11.3 Å². The molecule has 1 N–H and O–H groups in total. The highest BCUT2D eigenvalue weighted by molar-refractivity contribution is 7.13. The fraction of sp³-hybridized carbons (Fsp3) is 0.444. The third-order valence-corrected chi connectivity index (χ3v) is 3.56. The van der Waals surface area contributed by atoms with E-state index < -0.39 is 0 Å². The quantitative estimate of drug-likeness (QED) is 0.865. The van der Waals surface area contributed by atoms with Crippen LogP contribution in [0.2, 0.25) is 5.02 Å². The van der Waals surface area contributed by atoms with Crippen molar-refractivity contribution in [2.24, 2.45) is 0 Å². The van der Waals surface area contributed by atoms with Gasteiger partial charge in [0.15, 0.2) is 0 Å². The highest BCUT2D eigenvalue weighted by Gasteiger charge is 2.17. The van der Waals surface area contributed by atoms with E-state index in [0.29, 0.717) is 16.4 Å². The van der Waals surface area contributed by atoms with Crippen molar-refractivity contribution in [3.05, 3.63) is 20.8 Å². The minimum atomic E-state index is -0.137. The number of likely N-dealkylation sites (N-methyl/N-ethyl adjacent to an activating group) is 1. The Morgan fingerprint density at radius 3 is 2.79 bits per heavy atom. The van der Waals surface area contributed by atoms with Crippen LogP contribution in [0.5, 0.6) is 0 Å². The smallest absolute Gasteiger partial charge is 0.265 e. The summed E-state index contributed by atoms with van der Waals surface area (Å²) in [6, 6.07) is 0. The molecule has 0 aromatic carbocycles. The first-order chi connectivity index (χ1) is 6.57. The molecule has 14 heavy (non-hydrogen) atoms. The lowest BCUT2D eigenvalue weighted by Gasteiger charge is -2.14. The Kier molecular flexibility index (Phi) is 3.92. The van der Waals surface area contributed by atoms with Gasteiger partial charge in [0.25, 0.3) is 5.91 Å². The zero-order valence-corrected chi connectivity index (χ0v) is 9.65. The summed E-state index contributed by atoms with van der Waals surface area (Å²) in [6.07, 6.45) is 0. The molecule has 1 amide bonds. The van der Waals surface area contributed by atoms with E-state index in [9.17, 15) is 4.79 Å². The number of hydrogen-bond acceptors (Lipinski definition) is 3. The minimum absolute atomic E-state index is 0.0375. The van der Waals surface area contributed by atoms with E-state index >= 15 is 0 Å². The van der Waals surface area contributed by atoms with Crippen LogP contribution in [-0.2, 0) is 0 Å². The number of hydrogen-bond donors (Lipinski definition) is 1. The Morgan fingerprint density at radius 2 is 2.36 bits per heavy atom. The molecule has 0 unspecified atom stereocenters. The van der Waals surface area contributed by atoms with Gasteiger partial charge in [-0.25, -0.2) is 0 Å². The Balaban J connectivity index is 2.84. The van der Waals surface area contributed by atoms with Crippen LogP contribution in [0.1, 0.15) is 15.2 Å². The summed E-state index contributed by atoms with van der Waals surface area (Å²) in [6.45, 7) is 2.15. The molecule has 0 saturated carbocycles. The molecule has 78 valence electrons. The number of halogens is 1. The summed E-state index contributed by atoms with van der Waals surface area (Å²) >= 11 is 7.28. The second kappa shape index (κ2) is 4.77. The van der Waals surface area contributed by atoms with E-state index in [1.54, 1.807) is 7.05 Å². The van der Waals surface area contributed by atoms with Crippen LogP contribution in [0.4, 0.5) is 0 Å². The standard InChI is InChI=1S/C9H12ClNO2S/c1-6-5-14-8(7(6)10)9(13)11(2)3-4-12/h5,12H,3-4H2,1-2H3. The number of nitrogens with zero attached hydrogens (tertiary/aromatic N) is 1. The van der Waals surface area contributed by atoms with Crippen molar-refractivity contribution in [3.63, 3.8) is 0 Å². The minimum Gasteiger partial charge on any atom is -0.395 e. The summed E-state index contributed by atoms with van der Waals surface area (Å²) in [7, 11) is 1.64. The Hall–Kier alpha value is -0.580. The second-order valence-corrected chi connectivity index (χ2v) is 4.27. The molecule has 3 nitrogen and oxygen atoms in total. The van der Waals surface area contributed by atoms with Crippen molar-refractivity contribution in [2.45, 2.75) is 6.92 Å². The maximum absolute atomic E-state index is 11.7. The van der Waals surface area contributed by atoms with E-state index in [-0.39, 0.29) is 12.5 Å². The molecule has 0 saturated heterocycles. The summed E-state index contributed by atoms with van der Waals surface area (Å²) in [5.41, 5.74) is 0.914. The SMILES string of the molecule is Cc1csc(C(=O)N(C)CCO)c1Cl. The normalized spacial score (nSPS) is 10.3. The van der Waals surface area contributed by atoms with Gasteiger partial charge in [-0.1, -0.05) is 11.6 Å². The van der Waals surface area contributed by atoms with E-state index in [1.165, 1.54) is 16.2 Å². The fourth-order valence-electron chi connectivity index (χ4n) is 0.999. The van der Waals surface area contributed by atoms with Crippen molar-refractivity contribution in [2.75, 3.05) is 20.2 Å². The third kappa shape index (κ3) is 2.26. The van der Waals surface area contributed by atoms with E-state index in [2.05, 4.69) is 0 Å². The molecule has 0 spiro atoms. The highest BCUT2D eigenvalue weighted by atomic mass is 35.5. The molecule has 1 aromatic rings. The van der Waals surface area contributed by atoms with Crippen LogP contribution in [0, 0.1) is 6.92 Å². The first kappa shape index (κ1) is 11.5. The molecule has 0 radical (unpaired) electrons. The monoisotopic (exact) mass is 233 g/mol. The predicted octanol–water partition coefficient (Wildman–Crippen LogP) is 1.77. The van der Waals surface area contributed by atoms with Crippen LogP contribution >= 0.6 is 22.9 Å². The number of carbonyl (C=O) groups excluding carboxylic acids is 1. The second-order valence-electron chi connectivity index (χ2n) is 3.01. The van der Waals surface area contributed by atoms with E-state index in [1.807, 2.05) is 12.3 Å². The molecule has 0 bridgehead atoms. The average molecular weight is 234 g/mol. The molecule has 5 heteroatoms. The van der Waals surface area contributed by atoms with E-state index in [0.717, 1.165) is 5.56 Å². The number of thiophene rings is 1. The summed E-state index contributed by atoms with van der Waals surface area (Å²) in [4.78, 5) is 13.7. The van der Waals surface area contributed by atoms with Crippen LogP contribution < -0.4 is 0 Å². The lowest BCUT2D eigenvalue weighted by molar-refractivity contribution is 0.0772. The zero-order chi connectivity index (χ0) is 10.7. The number of aliphatic hydroxyl groups excluding tert-OH is 1. The molecular weight excluding hydrogens is 222 g/mol. The van der Waals surface area contributed by atoms with Crippen molar-refractivity contribution in [1.29, 1.82) is 0 Å². The number of amides is 1. The van der Waals surface area contributed by atoms with Gasteiger partial charge in [-0.05, 0) is 17.9 Å². The van der Waals surface area contributed by atoms with Crippen molar-refractivity contribution < 1.29 is 9.90 Å². The molecule has 0 aliphatic carbocycles. The maximum Gasteiger partial charge on any atom is 0.265 e. The molecule has 0 fully saturated rings. The van der Waals surface area contributed by atoms with Gasteiger partial charge in [0.05, 0.1) is 11.6 Å². The van der Waals surface area contributed by atoms with Crippen molar-refractivity contribution in [3.8, 4) is 0 Å². The topological polar surface area (TPSA) is 40.5 Å². The average Bonchev–Trinajstić information content (AvgIpc) is 2.47. The molecule has 0 atom stereocenters. The molecule has 1 aromatic heterocycles. The van der Waals surface area contributed by atoms with E-state index in [4.69, 9.17) is 16.7 Å². The lowest BCUT2D eigenvalue weighted by Crippen LogP contribution is -2.29. The van der Waals surface area contributed by atoms with Crippen LogP contribution in [-0.4, -0.2) is 36.1 Å². The molecule has 1 rings (SSSR count). The van der Waals surface area contributed by atoms with Gasteiger partial charge < -0.3 is 10.0 Å². The van der Waals surface area contributed by atoms with Crippen LogP contribution in [0.15, 0.2) is 5.38 Å². The van der Waals surface area contributed by atoms with Gasteiger partial charge in [0.2, 0.25) is 0 Å².